The third-order valence-corrected chi connectivity index (χ3v) is 2.20. The van der Waals surface area contributed by atoms with Crippen LogP contribution in [0.5, 0.6) is 0 Å². The lowest BCUT2D eigenvalue weighted by molar-refractivity contribution is -0.147. The molecule has 0 N–H and O–H groups in total. The van der Waals surface area contributed by atoms with Crippen molar-refractivity contribution >= 4 is 5.97 Å². The number of carbonyl (C=O) groups is 1. The molecule has 1 aliphatic heterocycles. The standard InChI is InChI=1S/C12H18O2/c1-11-9-7-5-3-2-4-6-8-10-12(13)14-11/h2-3,6,8,11H,4-5,7,9-10H2,1H3/b3-2+,8-6+. The van der Waals surface area contributed by atoms with Crippen molar-refractivity contribution in [3.63, 3.8) is 0 Å². The Kier molecular flexibility index (Phi) is 5.05. The van der Waals surface area contributed by atoms with Gasteiger partial charge in [0.15, 0.2) is 0 Å². The van der Waals surface area contributed by atoms with Gasteiger partial charge in [0, 0.05) is 0 Å². The molecule has 1 rings (SSSR count). The zero-order valence-corrected chi connectivity index (χ0v) is 8.74. The first-order chi connectivity index (χ1) is 6.79. The first kappa shape index (κ1) is 11.0. The summed E-state index contributed by atoms with van der Waals surface area (Å²) in [4.78, 5) is 11.2. The van der Waals surface area contributed by atoms with E-state index in [1.54, 1.807) is 0 Å². The number of hydrogen-bond donors (Lipinski definition) is 0. The molecule has 1 atom stereocenters. The third-order valence-electron chi connectivity index (χ3n) is 2.20. The third kappa shape index (κ3) is 4.85. The van der Waals surface area contributed by atoms with Crippen LogP contribution in [0, 0.1) is 0 Å². The zero-order valence-electron chi connectivity index (χ0n) is 8.74. The van der Waals surface area contributed by atoms with Gasteiger partial charge in [-0.15, -0.1) is 0 Å². The van der Waals surface area contributed by atoms with Crippen LogP contribution >= 0.6 is 0 Å². The topological polar surface area (TPSA) is 26.3 Å². The van der Waals surface area contributed by atoms with E-state index in [-0.39, 0.29) is 12.1 Å². The number of hydrogen-bond acceptors (Lipinski definition) is 2. The quantitative estimate of drug-likeness (QED) is 0.437. The van der Waals surface area contributed by atoms with E-state index >= 15 is 0 Å². The lowest BCUT2D eigenvalue weighted by Gasteiger charge is -2.11. The Labute approximate surface area is 85.6 Å². The van der Waals surface area contributed by atoms with E-state index in [1.165, 1.54) is 0 Å². The van der Waals surface area contributed by atoms with Crippen molar-refractivity contribution in [2.75, 3.05) is 0 Å². The second-order valence-electron chi connectivity index (χ2n) is 3.61. The van der Waals surface area contributed by atoms with Crippen molar-refractivity contribution in [2.24, 2.45) is 0 Å². The van der Waals surface area contributed by atoms with Crippen molar-refractivity contribution in [2.45, 2.75) is 45.1 Å². The van der Waals surface area contributed by atoms with Gasteiger partial charge in [0.1, 0.15) is 0 Å². The summed E-state index contributed by atoms with van der Waals surface area (Å²) in [5.41, 5.74) is 0. The molecular formula is C12H18O2. The van der Waals surface area contributed by atoms with Gasteiger partial charge >= 0.3 is 5.97 Å². The van der Waals surface area contributed by atoms with E-state index in [0.717, 1.165) is 25.7 Å². The molecule has 2 nitrogen and oxygen atoms in total. The van der Waals surface area contributed by atoms with Gasteiger partial charge in [-0.2, -0.15) is 0 Å². The molecule has 1 aliphatic rings. The van der Waals surface area contributed by atoms with E-state index in [9.17, 15) is 4.79 Å². The number of carbonyl (C=O) groups excluding carboxylic acids is 1. The van der Waals surface area contributed by atoms with Crippen LogP contribution in [-0.4, -0.2) is 12.1 Å². The Morgan fingerprint density at radius 2 is 2.07 bits per heavy atom. The fourth-order valence-electron chi connectivity index (χ4n) is 1.42. The minimum atomic E-state index is -0.113. The Balaban J connectivity index is 2.44. The van der Waals surface area contributed by atoms with Crippen molar-refractivity contribution in [1.29, 1.82) is 0 Å². The summed E-state index contributed by atoms with van der Waals surface area (Å²) in [6, 6.07) is 0. The van der Waals surface area contributed by atoms with Gasteiger partial charge in [-0.05, 0) is 32.6 Å². The fourth-order valence-corrected chi connectivity index (χ4v) is 1.42. The number of cyclic esters (lactones) is 1. The highest BCUT2D eigenvalue weighted by Crippen LogP contribution is 2.08. The van der Waals surface area contributed by atoms with Gasteiger partial charge in [0.05, 0.1) is 12.5 Å². The number of ether oxygens (including phenoxy) is 1. The van der Waals surface area contributed by atoms with Gasteiger partial charge in [-0.1, -0.05) is 24.3 Å². The van der Waals surface area contributed by atoms with Gasteiger partial charge in [-0.25, -0.2) is 0 Å². The number of allylic oxidation sites excluding steroid dienone is 3. The SMILES string of the molecule is CC1CCC/C=C/C/C=C/CC(=O)O1. The van der Waals surface area contributed by atoms with Crippen LogP contribution in [0.1, 0.15) is 39.0 Å². The summed E-state index contributed by atoms with van der Waals surface area (Å²) in [6.45, 7) is 1.96. The molecule has 0 aromatic heterocycles. The monoisotopic (exact) mass is 194 g/mol. The van der Waals surface area contributed by atoms with Crippen LogP contribution in [0.2, 0.25) is 0 Å². The predicted molar refractivity (Wildman–Crippen MR) is 56.9 cm³/mol. The minimum Gasteiger partial charge on any atom is -0.462 e. The van der Waals surface area contributed by atoms with Crippen molar-refractivity contribution in [3.05, 3.63) is 24.3 Å². The summed E-state index contributed by atoms with van der Waals surface area (Å²) in [5.74, 6) is -0.113. The van der Waals surface area contributed by atoms with E-state index in [4.69, 9.17) is 4.74 Å². The smallest absolute Gasteiger partial charge is 0.309 e. The lowest BCUT2D eigenvalue weighted by atomic mass is 10.1. The lowest BCUT2D eigenvalue weighted by Crippen LogP contribution is -2.14. The Hall–Kier alpha value is -1.05. The predicted octanol–water partition coefficient (Wildman–Crippen LogP) is 2.99. The van der Waals surface area contributed by atoms with E-state index in [1.807, 2.05) is 19.1 Å². The number of rotatable bonds is 0. The Bertz CT molecular complexity index is 228. The zero-order chi connectivity index (χ0) is 10.2. The van der Waals surface area contributed by atoms with Crippen molar-refractivity contribution in [3.8, 4) is 0 Å². The molecule has 78 valence electrons. The first-order valence-electron chi connectivity index (χ1n) is 5.28. The van der Waals surface area contributed by atoms with Crippen LogP contribution < -0.4 is 0 Å². The second-order valence-corrected chi connectivity index (χ2v) is 3.61. The van der Waals surface area contributed by atoms with Crippen molar-refractivity contribution in [1.82, 2.24) is 0 Å². The van der Waals surface area contributed by atoms with Crippen LogP contribution in [0.25, 0.3) is 0 Å². The summed E-state index contributed by atoms with van der Waals surface area (Å²) in [7, 11) is 0. The summed E-state index contributed by atoms with van der Waals surface area (Å²) >= 11 is 0. The normalized spacial score (nSPS) is 29.5. The highest BCUT2D eigenvalue weighted by molar-refractivity contribution is 5.71. The molecule has 0 bridgehead atoms. The van der Waals surface area contributed by atoms with Crippen LogP contribution in [0.15, 0.2) is 24.3 Å². The molecule has 0 aliphatic carbocycles. The molecule has 0 radical (unpaired) electrons. The Morgan fingerprint density at radius 3 is 2.93 bits per heavy atom. The molecule has 1 unspecified atom stereocenters. The van der Waals surface area contributed by atoms with Gasteiger partial charge in [0.25, 0.3) is 0 Å². The highest BCUT2D eigenvalue weighted by atomic mass is 16.5. The van der Waals surface area contributed by atoms with Crippen LogP contribution in [0.3, 0.4) is 0 Å². The van der Waals surface area contributed by atoms with Crippen LogP contribution in [0.4, 0.5) is 0 Å². The van der Waals surface area contributed by atoms with Gasteiger partial charge in [-0.3, -0.25) is 4.79 Å². The minimum absolute atomic E-state index is 0.0590. The molecule has 0 amide bonds. The fraction of sp³-hybridized carbons (Fsp3) is 0.583. The molecule has 1 heterocycles. The molecule has 0 saturated heterocycles. The second kappa shape index (κ2) is 6.41. The van der Waals surface area contributed by atoms with Crippen molar-refractivity contribution < 1.29 is 9.53 Å². The molecule has 14 heavy (non-hydrogen) atoms. The van der Waals surface area contributed by atoms with E-state index in [0.29, 0.717) is 6.42 Å². The van der Waals surface area contributed by atoms with Gasteiger partial charge < -0.3 is 4.74 Å². The molecule has 0 fully saturated rings. The molecule has 2 heteroatoms. The summed E-state index contributed by atoms with van der Waals surface area (Å²) in [6.07, 6.45) is 12.7. The maximum atomic E-state index is 11.2. The molecular weight excluding hydrogens is 176 g/mol. The van der Waals surface area contributed by atoms with E-state index in [2.05, 4.69) is 12.2 Å². The molecule has 0 aromatic rings. The molecule has 0 spiro atoms. The van der Waals surface area contributed by atoms with Gasteiger partial charge in [0.2, 0.25) is 0 Å². The maximum absolute atomic E-state index is 11.2. The maximum Gasteiger partial charge on any atom is 0.309 e. The number of esters is 1. The Morgan fingerprint density at radius 1 is 1.29 bits per heavy atom. The largest absolute Gasteiger partial charge is 0.462 e. The average molecular weight is 194 g/mol. The first-order valence-corrected chi connectivity index (χ1v) is 5.28. The average Bonchev–Trinajstić information content (AvgIpc) is 2.13. The van der Waals surface area contributed by atoms with Crippen LogP contribution in [-0.2, 0) is 9.53 Å². The summed E-state index contributed by atoms with van der Waals surface area (Å²) in [5, 5.41) is 0. The summed E-state index contributed by atoms with van der Waals surface area (Å²) < 4.78 is 5.21. The van der Waals surface area contributed by atoms with E-state index < -0.39 is 0 Å². The molecule has 0 saturated carbocycles. The molecule has 0 aromatic carbocycles. The highest BCUT2D eigenvalue weighted by Gasteiger charge is 2.07.